The van der Waals surface area contributed by atoms with Crippen molar-refractivity contribution >= 4 is 11.9 Å². The van der Waals surface area contributed by atoms with Gasteiger partial charge in [0.2, 0.25) is 5.79 Å². The predicted molar refractivity (Wildman–Crippen MR) is 113 cm³/mol. The minimum absolute atomic E-state index is 0.143. The minimum atomic E-state index is -3.29. The number of phenolic OH excluding ortho intramolecular Hbond substituents is 2. The topological polar surface area (TPSA) is 267 Å². The van der Waals surface area contributed by atoms with Crippen molar-refractivity contribution < 1.29 is 75.2 Å². The van der Waals surface area contributed by atoms with E-state index in [0.717, 1.165) is 18.2 Å². The smallest absolute Gasteiger partial charge is 0.226 e. The molecule has 202 valence electrons. The molecule has 0 amide bonds. The summed E-state index contributed by atoms with van der Waals surface area (Å²) >= 11 is 0. The van der Waals surface area contributed by atoms with E-state index in [1.165, 1.54) is 6.07 Å². The van der Waals surface area contributed by atoms with Crippen molar-refractivity contribution in [1.29, 1.82) is 0 Å². The first-order chi connectivity index (χ1) is 16.8. The molecule has 2 unspecified atom stereocenters. The van der Waals surface area contributed by atoms with Gasteiger partial charge in [-0.05, 0) is 23.8 Å². The van der Waals surface area contributed by atoms with Gasteiger partial charge in [0.1, 0.15) is 43.2 Å². The molecule has 15 heteroatoms. The summed E-state index contributed by atoms with van der Waals surface area (Å²) < 4.78 is 15.3. The Hall–Kier alpha value is -2.25. The number of aromatic hydroxyl groups is 2. The molecule has 0 saturated carbocycles. The van der Waals surface area contributed by atoms with Crippen LogP contribution in [0, 0.1) is 0 Å². The van der Waals surface area contributed by atoms with Crippen molar-refractivity contribution in [2.45, 2.75) is 60.6 Å². The van der Waals surface area contributed by atoms with Gasteiger partial charge in [-0.15, -0.1) is 0 Å². The van der Waals surface area contributed by atoms with Crippen LogP contribution in [0.2, 0.25) is 0 Å². The van der Waals surface area contributed by atoms with Gasteiger partial charge >= 0.3 is 0 Å². The lowest BCUT2D eigenvalue weighted by Crippen LogP contribution is -2.76. The third kappa shape index (κ3) is 4.84. The number of aliphatic hydroxyl groups is 9. The maximum absolute atomic E-state index is 12.9. The molecule has 36 heavy (non-hydrogen) atoms. The fourth-order valence-electron chi connectivity index (χ4n) is 3.89. The van der Waals surface area contributed by atoms with Crippen LogP contribution in [0.3, 0.4) is 0 Å². The Bertz CT molecular complexity index is 969. The van der Waals surface area contributed by atoms with Crippen LogP contribution < -0.4 is 0 Å². The van der Waals surface area contributed by atoms with E-state index in [2.05, 4.69) is 0 Å². The number of carbonyl (C=O) groups excluding carboxylic acids is 1. The molecule has 1 aromatic rings. The molecule has 1 aromatic carbocycles. The molecule has 15 nitrogen and oxygen atoms in total. The molecule has 3 rings (SSSR count). The Labute approximate surface area is 202 Å². The average Bonchev–Trinajstić information content (AvgIpc) is 2.86. The highest BCUT2D eigenvalue weighted by Gasteiger charge is 2.66. The number of aliphatic hydroxyl groups excluding tert-OH is 8. The lowest BCUT2D eigenvalue weighted by atomic mass is 9.78. The Kier molecular flexibility index (Phi) is 8.36. The molecule has 2 saturated heterocycles. The summed E-state index contributed by atoms with van der Waals surface area (Å²) in [6, 6.07) is 3.42. The molecule has 0 radical (unpaired) electrons. The molecule has 0 bridgehead atoms. The van der Waals surface area contributed by atoms with Gasteiger partial charge in [-0.25, -0.2) is 0 Å². The first-order valence-corrected chi connectivity index (χ1v) is 10.6. The highest BCUT2D eigenvalue weighted by molar-refractivity contribution is 6.01. The van der Waals surface area contributed by atoms with Crippen molar-refractivity contribution in [2.24, 2.45) is 0 Å². The maximum atomic E-state index is 12.9. The fraction of sp³-hybridized carbons (Fsp3) is 0.571. The molecule has 0 aromatic heterocycles. The van der Waals surface area contributed by atoms with Gasteiger partial charge in [0.25, 0.3) is 0 Å². The highest BCUT2D eigenvalue weighted by atomic mass is 16.8. The van der Waals surface area contributed by atoms with E-state index in [9.17, 15) is 61.0 Å². The zero-order chi connectivity index (χ0) is 27.0. The molecule has 2 fully saturated rings. The minimum Gasteiger partial charge on any atom is -0.504 e. The van der Waals surface area contributed by atoms with E-state index < -0.39 is 91.1 Å². The maximum Gasteiger partial charge on any atom is 0.226 e. The van der Waals surface area contributed by atoms with Gasteiger partial charge < -0.3 is 70.4 Å². The van der Waals surface area contributed by atoms with Crippen molar-refractivity contribution in [1.82, 2.24) is 0 Å². The summed E-state index contributed by atoms with van der Waals surface area (Å²) in [4.78, 5) is 12.9. The Morgan fingerprint density at radius 1 is 1.00 bits per heavy atom. The summed E-state index contributed by atoms with van der Waals surface area (Å²) in [6.45, 7) is -2.26. The van der Waals surface area contributed by atoms with Crippen LogP contribution in [-0.2, 0) is 19.0 Å². The van der Waals surface area contributed by atoms with Crippen LogP contribution >= 0.6 is 0 Å². The number of hydrogen-bond donors (Lipinski definition) is 11. The number of carbonyl (C=O) groups is 1. The van der Waals surface area contributed by atoms with Crippen molar-refractivity contribution in [3.05, 3.63) is 29.8 Å². The molecular weight excluding hydrogens is 492 g/mol. The molecule has 0 aliphatic carbocycles. The quantitative estimate of drug-likeness (QED) is 0.119. The van der Waals surface area contributed by atoms with E-state index >= 15 is 0 Å². The molecule has 10 atom stereocenters. The summed E-state index contributed by atoms with van der Waals surface area (Å²) in [5.41, 5.74) is -3.14. The third-order valence-corrected chi connectivity index (χ3v) is 6.08. The van der Waals surface area contributed by atoms with E-state index in [4.69, 9.17) is 14.2 Å². The van der Waals surface area contributed by atoms with Crippen LogP contribution in [0.25, 0.3) is 6.08 Å². The normalized spacial score (nSPS) is 41.5. The number of ketones is 1. The Morgan fingerprint density at radius 3 is 2.25 bits per heavy atom. The van der Waals surface area contributed by atoms with Crippen LogP contribution in [0.4, 0.5) is 0 Å². The number of rotatable bonds is 7. The van der Waals surface area contributed by atoms with Crippen molar-refractivity contribution in [3.63, 3.8) is 0 Å². The second-order valence-electron chi connectivity index (χ2n) is 8.41. The Balaban J connectivity index is 1.92. The van der Waals surface area contributed by atoms with Crippen LogP contribution in [-0.4, -0.2) is 136 Å². The second kappa shape index (κ2) is 10.6. The predicted octanol–water partition coefficient (Wildman–Crippen LogP) is -5.01. The number of benzene rings is 1. The Morgan fingerprint density at radius 2 is 1.67 bits per heavy atom. The largest absolute Gasteiger partial charge is 0.504 e. The molecular formula is C21H28O15. The van der Waals surface area contributed by atoms with Gasteiger partial charge in [0.05, 0.1) is 6.61 Å². The lowest BCUT2D eigenvalue weighted by Gasteiger charge is -2.52. The summed E-state index contributed by atoms with van der Waals surface area (Å²) in [5.74, 6) is -5.35. The van der Waals surface area contributed by atoms with E-state index in [0.29, 0.717) is 6.08 Å². The summed E-state index contributed by atoms with van der Waals surface area (Å²) in [5, 5.41) is 111. The van der Waals surface area contributed by atoms with Crippen LogP contribution in [0.1, 0.15) is 5.56 Å². The van der Waals surface area contributed by atoms with E-state index in [-0.39, 0.29) is 5.56 Å². The zero-order valence-electron chi connectivity index (χ0n) is 18.5. The number of ether oxygens (including phenoxy) is 3. The molecule has 2 aliphatic heterocycles. The highest BCUT2D eigenvalue weighted by Crippen LogP contribution is 2.40. The first kappa shape index (κ1) is 28.3. The van der Waals surface area contributed by atoms with Crippen molar-refractivity contribution in [3.8, 4) is 11.5 Å². The average molecular weight is 520 g/mol. The van der Waals surface area contributed by atoms with Gasteiger partial charge in [-0.1, -0.05) is 12.1 Å². The molecule has 2 heterocycles. The molecule has 0 spiro atoms. The van der Waals surface area contributed by atoms with Crippen LogP contribution in [0.5, 0.6) is 11.5 Å². The molecule has 2 aliphatic rings. The SMILES string of the molecule is O=C(C=Cc1ccc(O)c(O)c1)[C@]1(O)[C@H](O)[C@](CO)(OC2O[C@H](CO)[C@@H](O)[C@H](O)[C@H]2O)OC(O)[C@@H]1O. The third-order valence-electron chi connectivity index (χ3n) is 6.08. The molecule has 11 N–H and O–H groups in total. The van der Waals surface area contributed by atoms with Gasteiger partial charge in [0.15, 0.2) is 35.5 Å². The van der Waals surface area contributed by atoms with E-state index in [1.54, 1.807) is 0 Å². The van der Waals surface area contributed by atoms with E-state index in [1.807, 2.05) is 0 Å². The lowest BCUT2D eigenvalue weighted by molar-refractivity contribution is -0.453. The monoisotopic (exact) mass is 520 g/mol. The van der Waals surface area contributed by atoms with Crippen molar-refractivity contribution in [2.75, 3.05) is 13.2 Å². The second-order valence-corrected chi connectivity index (χ2v) is 8.41. The first-order valence-electron chi connectivity index (χ1n) is 10.6. The fourth-order valence-corrected chi connectivity index (χ4v) is 3.89. The zero-order valence-corrected chi connectivity index (χ0v) is 18.5. The van der Waals surface area contributed by atoms with Gasteiger partial charge in [-0.3, -0.25) is 4.79 Å². The summed E-state index contributed by atoms with van der Waals surface area (Å²) in [7, 11) is 0. The summed E-state index contributed by atoms with van der Waals surface area (Å²) in [6.07, 6.45) is -15.2. The standard InChI is InChI=1S/C21H28O15/c22-6-11-13(27)14(28)15(29)18(34-11)36-20(7-23)19(32)21(33,16(30)17(31)35-20)12(26)4-2-8-1-3-9(24)10(25)5-8/h1-5,11,13-19,22-25,27-33H,6-7H2/t11-,13-,14+,15-,16+,17?,18?,19-,20+,21-/m1/s1. The van der Waals surface area contributed by atoms with Gasteiger partial charge in [-0.2, -0.15) is 0 Å². The van der Waals surface area contributed by atoms with Gasteiger partial charge in [0, 0.05) is 0 Å². The number of hydrogen-bond acceptors (Lipinski definition) is 15. The van der Waals surface area contributed by atoms with Crippen LogP contribution in [0.15, 0.2) is 24.3 Å². The number of phenols is 2.